The fourth-order valence-electron chi connectivity index (χ4n) is 1.78. The van der Waals surface area contributed by atoms with Crippen LogP contribution in [0.1, 0.15) is 20.8 Å². The Morgan fingerprint density at radius 2 is 2.05 bits per heavy atom. The van der Waals surface area contributed by atoms with E-state index in [0.717, 1.165) is 0 Å². The van der Waals surface area contributed by atoms with E-state index in [1.807, 2.05) is 0 Å². The van der Waals surface area contributed by atoms with Gasteiger partial charge in [-0.2, -0.15) is 0 Å². The number of aliphatic hydroxyl groups is 1. The minimum atomic E-state index is -0.485. The van der Waals surface area contributed by atoms with Crippen molar-refractivity contribution >= 4 is 23.2 Å². The first-order valence-electron chi connectivity index (χ1n) is 6.56. The number of halogens is 1. The molecule has 0 aliphatic carbocycles. The van der Waals surface area contributed by atoms with Crippen LogP contribution < -0.4 is 10.6 Å². The summed E-state index contributed by atoms with van der Waals surface area (Å²) >= 11 is 1.30. The molecule has 7 heteroatoms. The van der Waals surface area contributed by atoms with E-state index in [4.69, 9.17) is 5.11 Å². The number of hydrogen-bond donors (Lipinski definition) is 3. The van der Waals surface area contributed by atoms with E-state index in [0.29, 0.717) is 10.4 Å². The summed E-state index contributed by atoms with van der Waals surface area (Å²) in [7, 11) is 0. The molecule has 1 aromatic carbocycles. The fraction of sp³-hybridized carbons (Fsp3) is 0.200. The Kier molecular flexibility index (Phi) is 5.62. The highest BCUT2D eigenvalue weighted by Gasteiger charge is 2.09. The smallest absolute Gasteiger partial charge is 0.261 e. The molecule has 2 aromatic rings. The molecule has 3 N–H and O–H groups in total. The number of carbonyl (C=O) groups is 2. The molecule has 0 saturated heterocycles. The lowest BCUT2D eigenvalue weighted by Crippen LogP contribution is -2.36. The van der Waals surface area contributed by atoms with Crippen LogP contribution in [0.3, 0.4) is 0 Å². The molecule has 22 heavy (non-hydrogen) atoms. The summed E-state index contributed by atoms with van der Waals surface area (Å²) in [6, 6.07) is 7.68. The Bertz CT molecular complexity index is 659. The van der Waals surface area contributed by atoms with Crippen LogP contribution in [0.4, 0.5) is 4.39 Å². The van der Waals surface area contributed by atoms with Gasteiger partial charge in [0.25, 0.3) is 5.91 Å². The highest BCUT2D eigenvalue weighted by atomic mass is 32.1. The molecule has 0 spiro atoms. The van der Waals surface area contributed by atoms with Crippen LogP contribution in [-0.2, 0) is 17.9 Å². The van der Waals surface area contributed by atoms with E-state index in [-0.39, 0.29) is 30.5 Å². The van der Waals surface area contributed by atoms with Crippen molar-refractivity contribution in [1.82, 2.24) is 10.6 Å². The first-order chi connectivity index (χ1) is 10.6. The summed E-state index contributed by atoms with van der Waals surface area (Å²) in [6.07, 6.45) is 0. The molecule has 0 aliphatic heterocycles. The number of carbonyl (C=O) groups excluding carboxylic acids is 2. The van der Waals surface area contributed by atoms with Crippen molar-refractivity contribution in [2.75, 3.05) is 6.54 Å². The molecule has 0 aliphatic rings. The first-order valence-corrected chi connectivity index (χ1v) is 7.44. The summed E-state index contributed by atoms with van der Waals surface area (Å²) in [5.41, 5.74) is 0.848. The summed E-state index contributed by atoms with van der Waals surface area (Å²) in [4.78, 5) is 23.9. The molecule has 1 heterocycles. The van der Waals surface area contributed by atoms with E-state index >= 15 is 0 Å². The van der Waals surface area contributed by atoms with Crippen LogP contribution in [-0.4, -0.2) is 23.5 Å². The monoisotopic (exact) mass is 322 g/mol. The third kappa shape index (κ3) is 4.37. The van der Waals surface area contributed by atoms with E-state index < -0.39 is 12.4 Å². The highest BCUT2D eigenvalue weighted by molar-refractivity contribution is 7.12. The number of amides is 2. The number of aliphatic hydroxyl groups excluding tert-OH is 1. The Morgan fingerprint density at radius 3 is 2.73 bits per heavy atom. The zero-order valence-electron chi connectivity index (χ0n) is 11.6. The molecule has 0 saturated carbocycles. The van der Waals surface area contributed by atoms with Crippen LogP contribution in [0.15, 0.2) is 35.7 Å². The minimum Gasteiger partial charge on any atom is -0.392 e. The molecule has 0 unspecified atom stereocenters. The van der Waals surface area contributed by atoms with Gasteiger partial charge in [0.05, 0.1) is 18.0 Å². The Morgan fingerprint density at radius 1 is 1.23 bits per heavy atom. The maximum Gasteiger partial charge on any atom is 0.261 e. The van der Waals surface area contributed by atoms with Crippen LogP contribution in [0.25, 0.3) is 0 Å². The second-order valence-electron chi connectivity index (χ2n) is 4.52. The van der Waals surface area contributed by atoms with Gasteiger partial charge in [-0.25, -0.2) is 4.39 Å². The van der Waals surface area contributed by atoms with Crippen LogP contribution in [0.2, 0.25) is 0 Å². The average Bonchev–Trinajstić information content (AvgIpc) is 3.06. The summed E-state index contributed by atoms with van der Waals surface area (Å²) < 4.78 is 13.2. The summed E-state index contributed by atoms with van der Waals surface area (Å²) in [6.45, 7) is -0.337. The van der Waals surface area contributed by atoms with Crippen molar-refractivity contribution < 1.29 is 19.1 Å². The van der Waals surface area contributed by atoms with E-state index in [1.165, 1.54) is 29.5 Å². The zero-order chi connectivity index (χ0) is 15.9. The van der Waals surface area contributed by atoms with Crippen molar-refractivity contribution in [1.29, 1.82) is 0 Å². The third-order valence-electron chi connectivity index (χ3n) is 2.92. The third-order valence-corrected chi connectivity index (χ3v) is 3.79. The second-order valence-corrected chi connectivity index (χ2v) is 5.47. The molecule has 0 fully saturated rings. The van der Waals surface area contributed by atoms with Gasteiger partial charge in [-0.15, -0.1) is 11.3 Å². The fourth-order valence-corrected chi connectivity index (χ4v) is 2.42. The Hall–Kier alpha value is -2.25. The van der Waals surface area contributed by atoms with Gasteiger partial charge in [0.2, 0.25) is 5.91 Å². The maximum absolute atomic E-state index is 13.2. The maximum atomic E-state index is 13.2. The van der Waals surface area contributed by atoms with E-state index in [9.17, 15) is 14.0 Å². The number of hydrogen-bond acceptors (Lipinski definition) is 4. The first kappa shape index (κ1) is 16.1. The molecule has 0 atom stereocenters. The van der Waals surface area contributed by atoms with Crippen LogP contribution >= 0.6 is 11.3 Å². The Labute approximate surface area is 130 Å². The highest BCUT2D eigenvalue weighted by Crippen LogP contribution is 2.10. The molecule has 2 amide bonds. The number of benzene rings is 1. The predicted molar refractivity (Wildman–Crippen MR) is 80.8 cm³/mol. The average molecular weight is 322 g/mol. The quantitative estimate of drug-likeness (QED) is 0.753. The molecule has 0 bridgehead atoms. The van der Waals surface area contributed by atoms with Gasteiger partial charge < -0.3 is 15.7 Å². The largest absolute Gasteiger partial charge is 0.392 e. The number of rotatable bonds is 6. The molecule has 116 valence electrons. The lowest BCUT2D eigenvalue weighted by Gasteiger charge is -2.08. The van der Waals surface area contributed by atoms with Gasteiger partial charge >= 0.3 is 0 Å². The number of thiophene rings is 1. The van der Waals surface area contributed by atoms with E-state index in [2.05, 4.69) is 10.6 Å². The molecular weight excluding hydrogens is 307 g/mol. The summed E-state index contributed by atoms with van der Waals surface area (Å²) in [5, 5.41) is 15.9. The Balaban J connectivity index is 1.79. The standard InChI is InChI=1S/C15H15FN2O3S/c16-12-4-3-10(6-11(12)9-19)7-17-14(20)8-18-15(21)13-2-1-5-22-13/h1-6,19H,7-9H2,(H,17,20)(H,18,21). The van der Waals surface area contributed by atoms with Crippen molar-refractivity contribution in [3.8, 4) is 0 Å². The zero-order valence-corrected chi connectivity index (χ0v) is 12.5. The van der Waals surface area contributed by atoms with Crippen molar-refractivity contribution in [2.45, 2.75) is 13.2 Å². The SMILES string of the molecule is O=C(CNC(=O)c1cccs1)NCc1ccc(F)c(CO)c1. The molecule has 2 rings (SSSR count). The van der Waals surface area contributed by atoms with Gasteiger partial charge in [0.15, 0.2) is 0 Å². The van der Waals surface area contributed by atoms with Crippen molar-refractivity contribution in [3.05, 3.63) is 57.5 Å². The topological polar surface area (TPSA) is 78.4 Å². The molecular formula is C15H15FN2O3S. The van der Waals surface area contributed by atoms with Gasteiger partial charge in [-0.3, -0.25) is 9.59 Å². The minimum absolute atomic E-state index is 0.134. The van der Waals surface area contributed by atoms with Crippen LogP contribution in [0, 0.1) is 5.82 Å². The second kappa shape index (κ2) is 7.67. The van der Waals surface area contributed by atoms with Crippen molar-refractivity contribution in [3.63, 3.8) is 0 Å². The normalized spacial score (nSPS) is 10.3. The molecule has 5 nitrogen and oxygen atoms in total. The van der Waals surface area contributed by atoms with Gasteiger partial charge in [-0.05, 0) is 29.1 Å². The van der Waals surface area contributed by atoms with Gasteiger partial charge in [-0.1, -0.05) is 12.1 Å². The lowest BCUT2D eigenvalue weighted by atomic mass is 10.1. The number of nitrogens with one attached hydrogen (secondary N) is 2. The van der Waals surface area contributed by atoms with Gasteiger partial charge in [0.1, 0.15) is 5.82 Å². The van der Waals surface area contributed by atoms with Crippen LogP contribution in [0.5, 0.6) is 0 Å². The molecule has 1 aromatic heterocycles. The lowest BCUT2D eigenvalue weighted by molar-refractivity contribution is -0.120. The van der Waals surface area contributed by atoms with E-state index in [1.54, 1.807) is 17.5 Å². The summed E-state index contributed by atoms with van der Waals surface area (Å²) in [5.74, 6) is -1.13. The molecule has 0 radical (unpaired) electrons. The van der Waals surface area contributed by atoms with Gasteiger partial charge in [0, 0.05) is 12.1 Å². The van der Waals surface area contributed by atoms with Crippen molar-refractivity contribution in [2.24, 2.45) is 0 Å². The predicted octanol–water partition coefficient (Wildman–Crippen LogP) is 1.43.